The summed E-state index contributed by atoms with van der Waals surface area (Å²) in [4.78, 5) is 6.06. The number of ether oxygens (including phenoxy) is 1. The van der Waals surface area contributed by atoms with Crippen LogP contribution in [0, 0.1) is 6.92 Å². The number of aryl methyl sites for hydroxylation is 1. The lowest BCUT2D eigenvalue weighted by Crippen LogP contribution is -1.97. The molecule has 0 bridgehead atoms. The number of thiophene rings is 1. The van der Waals surface area contributed by atoms with E-state index < -0.39 is 0 Å². The summed E-state index contributed by atoms with van der Waals surface area (Å²) in [6.45, 7) is 3.87. The van der Waals surface area contributed by atoms with Crippen molar-refractivity contribution in [1.29, 1.82) is 0 Å². The Labute approximate surface area is 103 Å². The Morgan fingerprint density at radius 3 is 3.06 bits per heavy atom. The molecule has 0 spiro atoms. The SMILES string of the molecule is Cc1ccsc1-c1nc([C@@H]2CCOC2)cs1. The molecular formula is C12H13NOS2. The van der Waals surface area contributed by atoms with E-state index in [1.165, 1.54) is 16.1 Å². The molecule has 0 aliphatic carbocycles. The van der Waals surface area contributed by atoms with Crippen LogP contribution in [-0.2, 0) is 4.74 Å². The lowest BCUT2D eigenvalue weighted by molar-refractivity contribution is 0.193. The molecule has 84 valence electrons. The van der Waals surface area contributed by atoms with Gasteiger partial charge in [0, 0.05) is 17.9 Å². The van der Waals surface area contributed by atoms with E-state index in [2.05, 4.69) is 23.8 Å². The molecule has 0 radical (unpaired) electrons. The highest BCUT2D eigenvalue weighted by Crippen LogP contribution is 2.34. The molecule has 2 aromatic heterocycles. The predicted molar refractivity (Wildman–Crippen MR) is 68.3 cm³/mol. The summed E-state index contributed by atoms with van der Waals surface area (Å²) in [7, 11) is 0. The second-order valence-electron chi connectivity index (χ2n) is 4.07. The Kier molecular flexibility index (Phi) is 2.79. The zero-order chi connectivity index (χ0) is 11.0. The van der Waals surface area contributed by atoms with Crippen LogP contribution in [0.15, 0.2) is 16.8 Å². The Morgan fingerprint density at radius 1 is 1.44 bits per heavy atom. The van der Waals surface area contributed by atoms with Crippen LogP contribution in [0.3, 0.4) is 0 Å². The van der Waals surface area contributed by atoms with Gasteiger partial charge in [-0.3, -0.25) is 0 Å². The fraction of sp³-hybridized carbons (Fsp3) is 0.417. The maximum Gasteiger partial charge on any atom is 0.133 e. The summed E-state index contributed by atoms with van der Waals surface area (Å²) in [5.41, 5.74) is 2.54. The average Bonchev–Trinajstić information content (AvgIpc) is 2.96. The molecule has 3 rings (SSSR count). The van der Waals surface area contributed by atoms with Gasteiger partial charge in [0.2, 0.25) is 0 Å². The quantitative estimate of drug-likeness (QED) is 0.812. The van der Waals surface area contributed by atoms with Crippen molar-refractivity contribution in [2.45, 2.75) is 19.3 Å². The lowest BCUT2D eigenvalue weighted by Gasteiger charge is -2.01. The van der Waals surface area contributed by atoms with Crippen molar-refractivity contribution in [2.75, 3.05) is 13.2 Å². The van der Waals surface area contributed by atoms with E-state index in [1.807, 2.05) is 0 Å². The van der Waals surface area contributed by atoms with Crippen LogP contribution in [-0.4, -0.2) is 18.2 Å². The zero-order valence-corrected chi connectivity index (χ0v) is 10.7. The van der Waals surface area contributed by atoms with E-state index in [4.69, 9.17) is 9.72 Å². The van der Waals surface area contributed by atoms with Gasteiger partial charge in [0.15, 0.2) is 0 Å². The van der Waals surface area contributed by atoms with Crippen molar-refractivity contribution in [3.05, 3.63) is 28.1 Å². The van der Waals surface area contributed by atoms with E-state index >= 15 is 0 Å². The number of rotatable bonds is 2. The third-order valence-electron chi connectivity index (χ3n) is 2.93. The van der Waals surface area contributed by atoms with E-state index in [0.717, 1.165) is 24.6 Å². The number of aromatic nitrogens is 1. The van der Waals surface area contributed by atoms with Gasteiger partial charge in [-0.2, -0.15) is 0 Å². The van der Waals surface area contributed by atoms with Crippen LogP contribution in [0.5, 0.6) is 0 Å². The molecule has 1 aliphatic heterocycles. The molecule has 4 heteroatoms. The van der Waals surface area contributed by atoms with Crippen LogP contribution in [0.25, 0.3) is 9.88 Å². The molecule has 0 unspecified atom stereocenters. The molecule has 16 heavy (non-hydrogen) atoms. The molecular weight excluding hydrogens is 238 g/mol. The van der Waals surface area contributed by atoms with E-state index in [-0.39, 0.29) is 0 Å². The Balaban J connectivity index is 1.90. The summed E-state index contributed by atoms with van der Waals surface area (Å²) in [5.74, 6) is 0.519. The van der Waals surface area contributed by atoms with Crippen LogP contribution < -0.4 is 0 Å². The first-order valence-corrected chi connectivity index (χ1v) is 7.18. The van der Waals surface area contributed by atoms with Crippen molar-refractivity contribution < 1.29 is 4.74 Å². The predicted octanol–water partition coefficient (Wildman–Crippen LogP) is 3.68. The molecule has 0 amide bonds. The second-order valence-corrected chi connectivity index (χ2v) is 5.84. The first-order chi connectivity index (χ1) is 7.84. The van der Waals surface area contributed by atoms with Gasteiger partial charge in [0.25, 0.3) is 0 Å². The Morgan fingerprint density at radius 2 is 2.38 bits per heavy atom. The lowest BCUT2D eigenvalue weighted by atomic mass is 10.1. The van der Waals surface area contributed by atoms with Gasteiger partial charge < -0.3 is 4.74 Å². The molecule has 2 aromatic rings. The van der Waals surface area contributed by atoms with Gasteiger partial charge >= 0.3 is 0 Å². The van der Waals surface area contributed by atoms with Crippen molar-refractivity contribution in [2.24, 2.45) is 0 Å². The van der Waals surface area contributed by atoms with Crippen LogP contribution in [0.1, 0.15) is 23.6 Å². The summed E-state index contributed by atoms with van der Waals surface area (Å²) < 4.78 is 5.40. The summed E-state index contributed by atoms with van der Waals surface area (Å²) in [5, 5.41) is 5.48. The highest BCUT2D eigenvalue weighted by atomic mass is 32.1. The molecule has 3 heterocycles. The molecule has 0 N–H and O–H groups in total. The largest absolute Gasteiger partial charge is 0.381 e. The fourth-order valence-electron chi connectivity index (χ4n) is 1.94. The van der Waals surface area contributed by atoms with Crippen molar-refractivity contribution in [3.63, 3.8) is 0 Å². The molecule has 1 atom stereocenters. The number of nitrogens with zero attached hydrogens (tertiary/aromatic N) is 1. The van der Waals surface area contributed by atoms with E-state index in [9.17, 15) is 0 Å². The minimum atomic E-state index is 0.519. The maximum absolute atomic E-state index is 5.40. The Bertz CT molecular complexity index is 483. The van der Waals surface area contributed by atoms with Gasteiger partial charge in [-0.1, -0.05) is 0 Å². The summed E-state index contributed by atoms with van der Waals surface area (Å²) in [6, 6.07) is 2.15. The van der Waals surface area contributed by atoms with Crippen molar-refractivity contribution in [3.8, 4) is 9.88 Å². The van der Waals surface area contributed by atoms with Gasteiger partial charge in [-0.15, -0.1) is 22.7 Å². The van der Waals surface area contributed by atoms with E-state index in [1.54, 1.807) is 22.7 Å². The summed E-state index contributed by atoms with van der Waals surface area (Å²) in [6.07, 6.45) is 1.12. The molecule has 1 saturated heterocycles. The number of hydrogen-bond acceptors (Lipinski definition) is 4. The zero-order valence-electron chi connectivity index (χ0n) is 9.10. The minimum absolute atomic E-state index is 0.519. The molecule has 0 aromatic carbocycles. The van der Waals surface area contributed by atoms with Crippen molar-refractivity contribution >= 4 is 22.7 Å². The van der Waals surface area contributed by atoms with Crippen LogP contribution >= 0.6 is 22.7 Å². The Hall–Kier alpha value is -0.710. The van der Waals surface area contributed by atoms with Gasteiger partial charge in [0.1, 0.15) is 5.01 Å². The first-order valence-electron chi connectivity index (χ1n) is 5.42. The molecule has 1 fully saturated rings. The second kappa shape index (κ2) is 4.28. The smallest absolute Gasteiger partial charge is 0.133 e. The topological polar surface area (TPSA) is 22.1 Å². The van der Waals surface area contributed by atoms with Crippen molar-refractivity contribution in [1.82, 2.24) is 4.98 Å². The highest BCUT2D eigenvalue weighted by Gasteiger charge is 2.21. The third kappa shape index (κ3) is 1.81. The molecule has 2 nitrogen and oxygen atoms in total. The van der Waals surface area contributed by atoms with Gasteiger partial charge in [-0.05, 0) is 30.4 Å². The molecule has 0 saturated carbocycles. The van der Waals surface area contributed by atoms with Crippen LogP contribution in [0.4, 0.5) is 0 Å². The average molecular weight is 251 g/mol. The fourth-order valence-corrected chi connectivity index (χ4v) is 3.94. The number of thiazole rings is 1. The normalized spacial score (nSPS) is 20.4. The highest BCUT2D eigenvalue weighted by molar-refractivity contribution is 7.20. The summed E-state index contributed by atoms with van der Waals surface area (Å²) >= 11 is 3.53. The first kappa shape index (κ1) is 10.4. The third-order valence-corrected chi connectivity index (χ3v) is 4.96. The monoisotopic (exact) mass is 251 g/mol. The standard InChI is InChI=1S/C12H13NOS2/c1-8-3-5-15-11(8)12-13-10(7-16-12)9-2-4-14-6-9/h3,5,7,9H,2,4,6H2,1H3/t9-/m1/s1. The van der Waals surface area contributed by atoms with Gasteiger partial charge in [0.05, 0.1) is 17.2 Å². The number of hydrogen-bond donors (Lipinski definition) is 0. The maximum atomic E-state index is 5.40. The molecule has 1 aliphatic rings. The minimum Gasteiger partial charge on any atom is -0.381 e. The van der Waals surface area contributed by atoms with Gasteiger partial charge in [-0.25, -0.2) is 4.98 Å². The van der Waals surface area contributed by atoms with Crippen LogP contribution in [0.2, 0.25) is 0 Å². The van der Waals surface area contributed by atoms with E-state index in [0.29, 0.717) is 5.92 Å².